The van der Waals surface area contributed by atoms with E-state index in [0.717, 1.165) is 5.56 Å². The minimum atomic E-state index is -4.70. The number of benzene rings is 2. The summed E-state index contributed by atoms with van der Waals surface area (Å²) in [5, 5.41) is 10.0. The van der Waals surface area contributed by atoms with Gasteiger partial charge in [-0.2, -0.15) is 13.2 Å². The Hall–Kier alpha value is -2.19. The molecule has 3 rings (SSSR count). The lowest BCUT2D eigenvalue weighted by Crippen LogP contribution is -2.14. The molecule has 1 N–H and O–H groups in total. The molecule has 0 saturated heterocycles. The Morgan fingerprint density at radius 3 is 2.27 bits per heavy atom. The van der Waals surface area contributed by atoms with Crippen molar-refractivity contribution in [2.24, 2.45) is 0 Å². The van der Waals surface area contributed by atoms with E-state index < -0.39 is 19.6 Å². The maximum atomic E-state index is 13.2. The molecule has 0 saturated carbocycles. The maximum Gasteiger partial charge on any atom is 0.470 e. The predicted molar refractivity (Wildman–Crippen MR) is 106 cm³/mol. The summed E-state index contributed by atoms with van der Waals surface area (Å²) in [5.74, 6) is -1.66. The zero-order valence-electron chi connectivity index (χ0n) is 15.8. The van der Waals surface area contributed by atoms with Crippen molar-refractivity contribution in [1.82, 2.24) is 15.3 Å². The fourth-order valence-corrected chi connectivity index (χ4v) is 4.57. The lowest BCUT2D eigenvalue weighted by Gasteiger charge is -2.19. The highest BCUT2D eigenvalue weighted by atomic mass is 35.5. The van der Waals surface area contributed by atoms with Crippen LogP contribution >= 0.6 is 19.1 Å². The molecule has 160 valence electrons. The van der Waals surface area contributed by atoms with Gasteiger partial charge in [-0.15, -0.1) is 10.2 Å². The number of aromatic nitrogens is 2. The van der Waals surface area contributed by atoms with Crippen LogP contribution in [-0.4, -0.2) is 16.8 Å². The Balaban J connectivity index is 1.70. The fourth-order valence-electron chi connectivity index (χ4n) is 2.62. The van der Waals surface area contributed by atoms with Crippen LogP contribution in [0, 0.1) is 0 Å². The lowest BCUT2D eigenvalue weighted by molar-refractivity contribution is -0.156. The number of halogens is 4. The first kappa shape index (κ1) is 22.5. The van der Waals surface area contributed by atoms with E-state index in [1.54, 1.807) is 31.2 Å². The van der Waals surface area contributed by atoms with Gasteiger partial charge in [0.15, 0.2) is 0 Å². The van der Waals surface area contributed by atoms with Crippen LogP contribution in [0.15, 0.2) is 52.9 Å². The van der Waals surface area contributed by atoms with E-state index in [2.05, 4.69) is 19.7 Å². The minimum Gasteiger partial charge on any atom is -0.413 e. The molecule has 6 nitrogen and oxygen atoms in total. The van der Waals surface area contributed by atoms with E-state index in [4.69, 9.17) is 16.1 Å². The van der Waals surface area contributed by atoms with Crippen LogP contribution in [0.3, 0.4) is 0 Å². The van der Waals surface area contributed by atoms with Gasteiger partial charge in [0.25, 0.3) is 7.52 Å². The number of rotatable bonds is 8. The highest BCUT2D eigenvalue weighted by molar-refractivity contribution is 7.56. The minimum absolute atomic E-state index is 0.104. The summed E-state index contributed by atoms with van der Waals surface area (Å²) in [7, 11) is -3.21. The van der Waals surface area contributed by atoms with Crippen molar-refractivity contribution in [3.05, 3.63) is 70.6 Å². The first-order valence-corrected chi connectivity index (χ1v) is 11.1. The van der Waals surface area contributed by atoms with Crippen LogP contribution in [0.5, 0.6) is 0 Å². The Bertz CT molecular complexity index is 1020. The molecule has 0 aliphatic rings. The topological polar surface area (TPSA) is 77.2 Å². The molecule has 1 atom stereocenters. The van der Waals surface area contributed by atoms with E-state index in [-0.39, 0.29) is 18.7 Å². The molecule has 0 bridgehead atoms. The third kappa shape index (κ3) is 5.92. The number of nitrogens with zero attached hydrogens (tertiary/aromatic N) is 2. The van der Waals surface area contributed by atoms with Crippen LogP contribution in [0.2, 0.25) is 5.02 Å². The van der Waals surface area contributed by atoms with Crippen molar-refractivity contribution < 1.29 is 26.7 Å². The van der Waals surface area contributed by atoms with E-state index in [9.17, 15) is 17.7 Å². The van der Waals surface area contributed by atoms with Crippen molar-refractivity contribution >= 4 is 19.1 Å². The Morgan fingerprint density at radius 2 is 1.70 bits per heavy atom. The summed E-state index contributed by atoms with van der Waals surface area (Å²) in [6, 6.07) is 13.4. The summed E-state index contributed by atoms with van der Waals surface area (Å²) in [4.78, 5) is 0. The molecule has 30 heavy (non-hydrogen) atoms. The van der Waals surface area contributed by atoms with E-state index in [0.29, 0.717) is 22.7 Å². The Morgan fingerprint density at radius 1 is 1.07 bits per heavy atom. The first-order chi connectivity index (χ1) is 14.2. The highest BCUT2D eigenvalue weighted by Crippen LogP contribution is 2.46. The van der Waals surface area contributed by atoms with E-state index >= 15 is 0 Å². The van der Waals surface area contributed by atoms with Crippen LogP contribution in [0.1, 0.15) is 23.9 Å². The summed E-state index contributed by atoms with van der Waals surface area (Å²) >= 11 is 5.87. The number of alkyl halides is 3. The summed E-state index contributed by atoms with van der Waals surface area (Å²) in [6.45, 7) is 2.33. The molecule has 3 aromatic rings. The standard InChI is InChI=1S/C19H18ClF3N3O3P/c1-2-28-30(27,24-11-13-5-9-16(20)10-6-13)12-14-3-7-15(8-4-14)17-25-26-18(29-17)19(21,22)23/h3-10H,2,11-12H2,1H3,(H,24,27). The fraction of sp³-hybridized carbons (Fsp3) is 0.263. The third-order valence-electron chi connectivity index (χ3n) is 4.03. The molecule has 11 heteroatoms. The molecule has 0 radical (unpaired) electrons. The van der Waals surface area contributed by atoms with Crippen molar-refractivity contribution in [3.8, 4) is 11.5 Å². The van der Waals surface area contributed by atoms with Crippen molar-refractivity contribution in [2.45, 2.75) is 25.8 Å². The average molecular weight is 460 g/mol. The molecule has 1 unspecified atom stereocenters. The van der Waals surface area contributed by atoms with Gasteiger partial charge in [-0.1, -0.05) is 35.9 Å². The second-order valence-corrected chi connectivity index (χ2v) is 8.99. The van der Waals surface area contributed by atoms with Crippen molar-refractivity contribution in [2.75, 3.05) is 6.61 Å². The van der Waals surface area contributed by atoms with Crippen LogP contribution in [0.4, 0.5) is 13.2 Å². The van der Waals surface area contributed by atoms with Gasteiger partial charge in [-0.25, -0.2) is 5.09 Å². The largest absolute Gasteiger partial charge is 0.470 e. The summed E-state index contributed by atoms with van der Waals surface area (Å²) in [6.07, 6.45) is -4.60. The molecule has 0 amide bonds. The maximum absolute atomic E-state index is 13.2. The SMILES string of the molecule is CCOP(=O)(Cc1ccc(-c2nnc(C(F)(F)F)o2)cc1)NCc1ccc(Cl)cc1. The van der Waals surface area contributed by atoms with Crippen LogP contribution in [-0.2, 0) is 28.0 Å². The van der Waals surface area contributed by atoms with Gasteiger partial charge in [0.05, 0.1) is 12.8 Å². The zero-order valence-corrected chi connectivity index (χ0v) is 17.5. The second kappa shape index (κ2) is 9.31. The highest BCUT2D eigenvalue weighted by Gasteiger charge is 2.38. The number of hydrogen-bond acceptors (Lipinski definition) is 5. The van der Waals surface area contributed by atoms with Gasteiger partial charge < -0.3 is 8.94 Å². The van der Waals surface area contributed by atoms with E-state index in [1.165, 1.54) is 12.1 Å². The molecule has 0 spiro atoms. The van der Waals surface area contributed by atoms with Crippen LogP contribution < -0.4 is 5.09 Å². The van der Waals surface area contributed by atoms with Crippen LogP contribution in [0.25, 0.3) is 11.5 Å². The molecule has 0 aliphatic heterocycles. The molecule has 2 aromatic carbocycles. The smallest absolute Gasteiger partial charge is 0.413 e. The molecular weight excluding hydrogens is 442 g/mol. The van der Waals surface area contributed by atoms with E-state index in [1.807, 2.05) is 12.1 Å². The zero-order chi connectivity index (χ0) is 21.8. The predicted octanol–water partition coefficient (Wildman–Crippen LogP) is 5.93. The average Bonchev–Trinajstić information content (AvgIpc) is 3.19. The van der Waals surface area contributed by atoms with Gasteiger partial charge in [-0.3, -0.25) is 4.57 Å². The van der Waals surface area contributed by atoms with Gasteiger partial charge in [0, 0.05) is 17.1 Å². The van der Waals surface area contributed by atoms with Gasteiger partial charge in [-0.05, 0) is 42.3 Å². The Kier molecular flexibility index (Phi) is 6.98. The summed E-state index contributed by atoms with van der Waals surface area (Å²) < 4.78 is 61.1. The molecule has 0 fully saturated rings. The quantitative estimate of drug-likeness (QED) is 0.421. The molecular formula is C19H18ClF3N3O3P. The third-order valence-corrected chi connectivity index (χ3v) is 6.38. The lowest BCUT2D eigenvalue weighted by atomic mass is 10.1. The molecule has 0 aliphatic carbocycles. The Labute approximate surface area is 175 Å². The number of nitrogens with one attached hydrogen (secondary N) is 1. The second-order valence-electron chi connectivity index (χ2n) is 6.32. The number of hydrogen-bond donors (Lipinski definition) is 1. The first-order valence-electron chi connectivity index (χ1n) is 8.92. The summed E-state index contributed by atoms with van der Waals surface area (Å²) in [5.41, 5.74) is 1.89. The molecule has 1 heterocycles. The van der Waals surface area contributed by atoms with Gasteiger partial charge in [0.1, 0.15) is 0 Å². The van der Waals surface area contributed by atoms with Gasteiger partial charge in [0.2, 0.25) is 5.89 Å². The normalized spacial score (nSPS) is 13.9. The van der Waals surface area contributed by atoms with Crippen molar-refractivity contribution in [1.29, 1.82) is 0 Å². The molecule has 1 aromatic heterocycles. The van der Waals surface area contributed by atoms with Gasteiger partial charge >= 0.3 is 12.1 Å². The van der Waals surface area contributed by atoms with Crippen molar-refractivity contribution in [3.63, 3.8) is 0 Å². The monoisotopic (exact) mass is 459 g/mol.